The molecule has 1 aromatic carbocycles. The lowest BCUT2D eigenvalue weighted by Gasteiger charge is -2.42. The van der Waals surface area contributed by atoms with Crippen LogP contribution in [-0.4, -0.2) is 42.6 Å². The number of rotatable bonds is 5. The number of nitrogens with two attached hydrogens (primary N) is 2. The van der Waals surface area contributed by atoms with Gasteiger partial charge in [0.15, 0.2) is 0 Å². The number of amides is 1. The second-order valence-electron chi connectivity index (χ2n) is 5.30. The van der Waals surface area contributed by atoms with Gasteiger partial charge in [-0.15, -0.1) is 0 Å². The van der Waals surface area contributed by atoms with E-state index in [1.165, 1.54) is 0 Å². The lowest BCUT2D eigenvalue weighted by Crippen LogP contribution is -2.56. The fraction of sp³-hybridized carbons (Fsp3) is 0.533. The molecule has 1 amide bonds. The van der Waals surface area contributed by atoms with E-state index in [-0.39, 0.29) is 18.0 Å². The van der Waals surface area contributed by atoms with Crippen molar-refractivity contribution in [2.24, 2.45) is 11.5 Å². The third-order valence-corrected chi connectivity index (χ3v) is 4.47. The molecule has 0 spiro atoms. The zero-order chi connectivity index (χ0) is 15.4. The van der Waals surface area contributed by atoms with Gasteiger partial charge in [-0.25, -0.2) is 0 Å². The molecule has 1 heterocycles. The lowest BCUT2D eigenvalue weighted by molar-refractivity contribution is -0.132. The topological polar surface area (TPSA) is 81.6 Å². The van der Waals surface area contributed by atoms with Gasteiger partial charge in [0.25, 0.3) is 0 Å². The van der Waals surface area contributed by atoms with Crippen molar-refractivity contribution in [3.63, 3.8) is 0 Å². The number of halogens is 1. The number of morpholine rings is 1. The van der Waals surface area contributed by atoms with Crippen LogP contribution in [0, 0.1) is 0 Å². The van der Waals surface area contributed by atoms with Crippen molar-refractivity contribution in [1.82, 2.24) is 4.90 Å². The van der Waals surface area contributed by atoms with Crippen molar-refractivity contribution in [1.29, 1.82) is 0 Å². The average molecular weight is 356 g/mol. The molecule has 1 aliphatic rings. The highest BCUT2D eigenvalue weighted by Crippen LogP contribution is 2.29. The number of carbonyl (C=O) groups excluding carboxylic acids is 1. The molecular weight excluding hydrogens is 334 g/mol. The van der Waals surface area contributed by atoms with Gasteiger partial charge >= 0.3 is 0 Å². The quantitative estimate of drug-likeness (QED) is 0.836. The summed E-state index contributed by atoms with van der Waals surface area (Å²) in [6.45, 7) is 3.63. The largest absolute Gasteiger partial charge is 0.378 e. The van der Waals surface area contributed by atoms with Gasteiger partial charge in [-0.3, -0.25) is 9.69 Å². The molecule has 1 saturated heterocycles. The maximum absolute atomic E-state index is 11.7. The Morgan fingerprint density at radius 3 is 2.71 bits per heavy atom. The smallest absolute Gasteiger partial charge is 0.237 e. The molecule has 0 bridgehead atoms. The van der Waals surface area contributed by atoms with Gasteiger partial charge in [-0.05, 0) is 24.1 Å². The van der Waals surface area contributed by atoms with Gasteiger partial charge in [0, 0.05) is 17.1 Å². The molecule has 4 N–H and O–H groups in total. The highest BCUT2D eigenvalue weighted by Gasteiger charge is 2.36. The van der Waals surface area contributed by atoms with E-state index >= 15 is 0 Å². The number of benzene rings is 1. The molecule has 1 fully saturated rings. The molecule has 0 aromatic heterocycles. The molecule has 3 unspecified atom stereocenters. The van der Waals surface area contributed by atoms with Crippen molar-refractivity contribution in [3.8, 4) is 0 Å². The van der Waals surface area contributed by atoms with E-state index in [2.05, 4.69) is 27.8 Å². The van der Waals surface area contributed by atoms with Crippen molar-refractivity contribution in [2.45, 2.75) is 31.5 Å². The second kappa shape index (κ2) is 7.35. The SMILES string of the molecule is CCC(N)C(c1ccc(Br)cc1)N1CCOCC1C(N)=O. The predicted octanol–water partition coefficient (Wildman–Crippen LogP) is 1.41. The van der Waals surface area contributed by atoms with Crippen LogP contribution in [0.25, 0.3) is 0 Å². The fourth-order valence-corrected chi connectivity index (χ4v) is 3.03. The first-order valence-corrected chi connectivity index (χ1v) is 7.97. The summed E-state index contributed by atoms with van der Waals surface area (Å²) in [5, 5.41) is 0. The number of hydrogen-bond acceptors (Lipinski definition) is 4. The van der Waals surface area contributed by atoms with Crippen LogP contribution in [0.4, 0.5) is 0 Å². The minimum Gasteiger partial charge on any atom is -0.378 e. The molecule has 21 heavy (non-hydrogen) atoms. The Kier molecular flexibility index (Phi) is 5.75. The van der Waals surface area contributed by atoms with Gasteiger partial charge < -0.3 is 16.2 Å². The second-order valence-corrected chi connectivity index (χ2v) is 6.22. The van der Waals surface area contributed by atoms with Crippen LogP contribution in [0.3, 0.4) is 0 Å². The summed E-state index contributed by atoms with van der Waals surface area (Å²) in [6, 6.07) is 7.53. The molecule has 1 aromatic rings. The number of carbonyl (C=O) groups is 1. The van der Waals surface area contributed by atoms with Crippen molar-refractivity contribution in [2.75, 3.05) is 19.8 Å². The molecule has 0 radical (unpaired) electrons. The maximum atomic E-state index is 11.7. The minimum absolute atomic E-state index is 0.0375. The maximum Gasteiger partial charge on any atom is 0.237 e. The first-order chi connectivity index (χ1) is 10.0. The Morgan fingerprint density at radius 1 is 1.48 bits per heavy atom. The van der Waals surface area contributed by atoms with E-state index in [4.69, 9.17) is 16.2 Å². The summed E-state index contributed by atoms with van der Waals surface area (Å²) in [5.74, 6) is -0.361. The molecule has 3 atom stereocenters. The third-order valence-electron chi connectivity index (χ3n) is 3.94. The van der Waals surface area contributed by atoms with Crippen molar-refractivity contribution in [3.05, 3.63) is 34.3 Å². The summed E-state index contributed by atoms with van der Waals surface area (Å²) in [4.78, 5) is 13.8. The molecule has 5 nitrogen and oxygen atoms in total. The summed E-state index contributed by atoms with van der Waals surface area (Å²) >= 11 is 3.44. The first-order valence-electron chi connectivity index (χ1n) is 7.18. The summed E-state index contributed by atoms with van der Waals surface area (Å²) in [5.41, 5.74) is 13.0. The zero-order valence-corrected chi connectivity index (χ0v) is 13.8. The summed E-state index contributed by atoms with van der Waals surface area (Å²) in [7, 11) is 0. The van der Waals surface area contributed by atoms with E-state index in [1.54, 1.807) is 0 Å². The van der Waals surface area contributed by atoms with Crippen molar-refractivity contribution >= 4 is 21.8 Å². The molecular formula is C15H22BrN3O2. The van der Waals surface area contributed by atoms with Crippen LogP contribution < -0.4 is 11.5 Å². The predicted molar refractivity (Wildman–Crippen MR) is 85.7 cm³/mol. The minimum atomic E-state index is -0.426. The Morgan fingerprint density at radius 2 is 2.14 bits per heavy atom. The first kappa shape index (κ1) is 16.4. The fourth-order valence-electron chi connectivity index (χ4n) is 2.76. The Balaban J connectivity index is 2.34. The highest BCUT2D eigenvalue weighted by molar-refractivity contribution is 9.10. The van der Waals surface area contributed by atoms with Gasteiger partial charge in [0.05, 0.1) is 19.3 Å². The molecule has 2 rings (SSSR count). The van der Waals surface area contributed by atoms with Crippen LogP contribution in [-0.2, 0) is 9.53 Å². The van der Waals surface area contributed by atoms with Crippen LogP contribution in [0.15, 0.2) is 28.7 Å². The van der Waals surface area contributed by atoms with E-state index in [0.29, 0.717) is 19.8 Å². The molecule has 116 valence electrons. The Hall–Kier alpha value is -0.950. The molecule has 1 aliphatic heterocycles. The van der Waals surface area contributed by atoms with Crippen LogP contribution in [0.5, 0.6) is 0 Å². The van der Waals surface area contributed by atoms with E-state index in [9.17, 15) is 4.79 Å². The normalized spacial score (nSPS) is 22.7. The highest BCUT2D eigenvalue weighted by atomic mass is 79.9. The molecule has 0 saturated carbocycles. The number of ether oxygens (including phenoxy) is 1. The number of hydrogen-bond donors (Lipinski definition) is 2. The third kappa shape index (κ3) is 3.83. The van der Waals surface area contributed by atoms with Gasteiger partial charge in [-0.1, -0.05) is 35.0 Å². The van der Waals surface area contributed by atoms with Gasteiger partial charge in [-0.2, -0.15) is 0 Å². The molecule has 6 heteroatoms. The number of nitrogens with zero attached hydrogens (tertiary/aromatic N) is 1. The van der Waals surface area contributed by atoms with Crippen LogP contribution in [0.1, 0.15) is 24.9 Å². The van der Waals surface area contributed by atoms with Crippen LogP contribution >= 0.6 is 15.9 Å². The standard InChI is InChI=1S/C15H22BrN3O2/c1-2-12(17)14(10-3-5-11(16)6-4-10)19-7-8-21-9-13(19)15(18)20/h3-6,12-14H,2,7-9,17H2,1H3,(H2,18,20). The van der Waals surface area contributed by atoms with E-state index in [1.807, 2.05) is 24.3 Å². The van der Waals surface area contributed by atoms with Crippen molar-refractivity contribution < 1.29 is 9.53 Å². The lowest BCUT2D eigenvalue weighted by atomic mass is 9.94. The van der Waals surface area contributed by atoms with E-state index < -0.39 is 6.04 Å². The number of primary amides is 1. The summed E-state index contributed by atoms with van der Waals surface area (Å²) < 4.78 is 6.42. The van der Waals surface area contributed by atoms with Crippen LogP contribution in [0.2, 0.25) is 0 Å². The van der Waals surface area contributed by atoms with Gasteiger partial charge in [0.1, 0.15) is 6.04 Å². The molecule has 0 aliphatic carbocycles. The average Bonchev–Trinajstić information content (AvgIpc) is 2.49. The van der Waals surface area contributed by atoms with E-state index in [0.717, 1.165) is 16.5 Å². The Labute approximate surface area is 133 Å². The monoisotopic (exact) mass is 355 g/mol. The zero-order valence-electron chi connectivity index (χ0n) is 12.2. The van der Waals surface area contributed by atoms with Gasteiger partial charge in [0.2, 0.25) is 5.91 Å². The summed E-state index contributed by atoms with van der Waals surface area (Å²) in [6.07, 6.45) is 0.823. The Bertz CT molecular complexity index is 480.